The highest BCUT2D eigenvalue weighted by Crippen LogP contribution is 2.26. The van der Waals surface area contributed by atoms with Gasteiger partial charge >= 0.3 is 0 Å². The molecule has 1 aromatic carbocycles. The second-order valence-corrected chi connectivity index (χ2v) is 5.90. The fraction of sp³-hybridized carbons (Fsp3) is 0.231. The van der Waals surface area contributed by atoms with Crippen LogP contribution in [0.15, 0.2) is 29.1 Å². The first kappa shape index (κ1) is 11.6. The minimum atomic E-state index is 0.878. The van der Waals surface area contributed by atoms with Gasteiger partial charge in [-0.15, -0.1) is 11.3 Å². The Bertz CT molecular complexity index is 643. The molecule has 3 nitrogen and oxygen atoms in total. The second-order valence-electron chi connectivity index (χ2n) is 4.15. The molecule has 0 fully saturated rings. The summed E-state index contributed by atoms with van der Waals surface area (Å²) < 4.78 is 1.24. The Morgan fingerprint density at radius 3 is 3.11 bits per heavy atom. The number of aryl methyl sites for hydroxylation is 1. The molecule has 0 spiro atoms. The standard InChI is InChI=1S/C13H13N3S2/c1-9-2-3-11-12(6-9)18-13(16-11)14-5-4-10-7-17-8-15-10/h2-3,6-8H,4-5H2,1H3,(H,14,16). The van der Waals surface area contributed by atoms with Crippen LogP contribution in [-0.4, -0.2) is 16.5 Å². The number of rotatable bonds is 4. The highest BCUT2D eigenvalue weighted by Gasteiger charge is 2.03. The van der Waals surface area contributed by atoms with Gasteiger partial charge in [0.2, 0.25) is 0 Å². The zero-order valence-electron chi connectivity index (χ0n) is 10.0. The van der Waals surface area contributed by atoms with Crippen LogP contribution in [0.4, 0.5) is 5.13 Å². The van der Waals surface area contributed by atoms with Crippen molar-refractivity contribution in [3.8, 4) is 0 Å². The van der Waals surface area contributed by atoms with E-state index in [1.165, 1.54) is 10.3 Å². The van der Waals surface area contributed by atoms with Crippen molar-refractivity contribution in [2.75, 3.05) is 11.9 Å². The lowest BCUT2D eigenvalue weighted by Crippen LogP contribution is -2.04. The summed E-state index contributed by atoms with van der Waals surface area (Å²) in [6.07, 6.45) is 0.943. The maximum Gasteiger partial charge on any atom is 0.183 e. The first-order valence-corrected chi connectivity index (χ1v) is 7.55. The lowest BCUT2D eigenvalue weighted by molar-refractivity contribution is 0.975. The average molecular weight is 275 g/mol. The zero-order chi connectivity index (χ0) is 12.4. The van der Waals surface area contributed by atoms with E-state index in [4.69, 9.17) is 0 Å². The van der Waals surface area contributed by atoms with Gasteiger partial charge in [0.25, 0.3) is 0 Å². The molecule has 0 aliphatic carbocycles. The van der Waals surface area contributed by atoms with E-state index in [9.17, 15) is 0 Å². The minimum absolute atomic E-state index is 0.878. The third kappa shape index (κ3) is 2.52. The van der Waals surface area contributed by atoms with Crippen LogP contribution in [0.3, 0.4) is 0 Å². The van der Waals surface area contributed by atoms with Crippen molar-refractivity contribution in [1.82, 2.24) is 9.97 Å². The molecule has 0 radical (unpaired) electrons. The number of hydrogen-bond donors (Lipinski definition) is 1. The third-order valence-corrected chi connectivity index (χ3v) is 4.30. The first-order valence-electron chi connectivity index (χ1n) is 5.79. The van der Waals surface area contributed by atoms with E-state index in [-0.39, 0.29) is 0 Å². The summed E-state index contributed by atoms with van der Waals surface area (Å²) in [6, 6.07) is 6.35. The Morgan fingerprint density at radius 1 is 1.33 bits per heavy atom. The van der Waals surface area contributed by atoms with Crippen LogP contribution in [0, 0.1) is 6.92 Å². The number of aromatic nitrogens is 2. The van der Waals surface area contributed by atoms with Crippen molar-refractivity contribution in [3.63, 3.8) is 0 Å². The Kier molecular flexibility index (Phi) is 3.25. The van der Waals surface area contributed by atoms with Crippen molar-refractivity contribution < 1.29 is 0 Å². The minimum Gasteiger partial charge on any atom is -0.361 e. The molecule has 0 saturated heterocycles. The Hall–Kier alpha value is -1.46. The first-order chi connectivity index (χ1) is 8.81. The van der Waals surface area contributed by atoms with Gasteiger partial charge in [0.15, 0.2) is 5.13 Å². The van der Waals surface area contributed by atoms with Crippen molar-refractivity contribution in [1.29, 1.82) is 0 Å². The molecule has 3 aromatic rings. The van der Waals surface area contributed by atoms with Crippen LogP contribution in [0.1, 0.15) is 11.3 Å². The van der Waals surface area contributed by atoms with E-state index >= 15 is 0 Å². The van der Waals surface area contributed by atoms with Gasteiger partial charge in [-0.3, -0.25) is 0 Å². The van der Waals surface area contributed by atoms with Crippen molar-refractivity contribution in [3.05, 3.63) is 40.3 Å². The number of anilines is 1. The number of nitrogens with zero attached hydrogens (tertiary/aromatic N) is 2. The molecule has 0 amide bonds. The van der Waals surface area contributed by atoms with E-state index in [1.54, 1.807) is 22.7 Å². The topological polar surface area (TPSA) is 37.8 Å². The zero-order valence-corrected chi connectivity index (χ0v) is 11.6. The monoisotopic (exact) mass is 275 g/mol. The summed E-state index contributed by atoms with van der Waals surface area (Å²) in [4.78, 5) is 8.83. The molecule has 0 saturated carbocycles. The lowest BCUT2D eigenvalue weighted by Gasteiger charge is -1.99. The summed E-state index contributed by atoms with van der Waals surface area (Å²) in [5.41, 5.74) is 5.36. The molecule has 1 N–H and O–H groups in total. The second kappa shape index (κ2) is 5.04. The van der Waals surface area contributed by atoms with Crippen molar-refractivity contribution in [2.24, 2.45) is 0 Å². The largest absolute Gasteiger partial charge is 0.361 e. The van der Waals surface area contributed by atoms with Gasteiger partial charge in [0, 0.05) is 18.3 Å². The highest BCUT2D eigenvalue weighted by molar-refractivity contribution is 7.22. The quantitative estimate of drug-likeness (QED) is 0.788. The summed E-state index contributed by atoms with van der Waals surface area (Å²) in [5.74, 6) is 0. The van der Waals surface area contributed by atoms with E-state index in [0.717, 1.165) is 29.3 Å². The number of nitrogens with one attached hydrogen (secondary N) is 1. The fourth-order valence-corrected chi connectivity index (χ4v) is 3.35. The fourth-order valence-electron chi connectivity index (χ4n) is 1.77. The Balaban J connectivity index is 1.67. The van der Waals surface area contributed by atoms with Crippen LogP contribution in [0.2, 0.25) is 0 Å². The van der Waals surface area contributed by atoms with E-state index in [0.29, 0.717) is 0 Å². The molecule has 0 atom stereocenters. The number of fused-ring (bicyclic) bond motifs is 1. The van der Waals surface area contributed by atoms with Crippen LogP contribution in [-0.2, 0) is 6.42 Å². The maximum absolute atomic E-state index is 4.56. The number of hydrogen-bond acceptors (Lipinski definition) is 5. The molecule has 0 bridgehead atoms. The SMILES string of the molecule is Cc1ccc2nc(NCCc3cscn3)sc2c1. The molecule has 3 rings (SSSR count). The normalized spacial score (nSPS) is 10.9. The molecule has 0 unspecified atom stereocenters. The third-order valence-electron chi connectivity index (χ3n) is 2.68. The van der Waals surface area contributed by atoms with Gasteiger partial charge in [-0.25, -0.2) is 9.97 Å². The summed E-state index contributed by atoms with van der Waals surface area (Å²) >= 11 is 3.35. The van der Waals surface area contributed by atoms with E-state index in [2.05, 4.69) is 45.8 Å². The molecule has 2 heterocycles. The maximum atomic E-state index is 4.56. The summed E-state index contributed by atoms with van der Waals surface area (Å²) in [5, 5.41) is 6.44. The van der Waals surface area contributed by atoms with Gasteiger partial charge in [-0.1, -0.05) is 17.4 Å². The summed E-state index contributed by atoms with van der Waals surface area (Å²) in [6.45, 7) is 2.98. The lowest BCUT2D eigenvalue weighted by atomic mass is 10.2. The Morgan fingerprint density at radius 2 is 2.28 bits per heavy atom. The van der Waals surface area contributed by atoms with E-state index in [1.807, 2.05) is 5.51 Å². The van der Waals surface area contributed by atoms with Gasteiger partial charge in [-0.2, -0.15) is 0 Å². The van der Waals surface area contributed by atoms with Crippen LogP contribution in [0.25, 0.3) is 10.2 Å². The molecule has 92 valence electrons. The predicted molar refractivity (Wildman–Crippen MR) is 78.7 cm³/mol. The molecule has 5 heteroatoms. The number of benzene rings is 1. The molecule has 0 aliphatic heterocycles. The average Bonchev–Trinajstić information content (AvgIpc) is 2.97. The highest BCUT2D eigenvalue weighted by atomic mass is 32.1. The molecule has 18 heavy (non-hydrogen) atoms. The molecular weight excluding hydrogens is 262 g/mol. The summed E-state index contributed by atoms with van der Waals surface area (Å²) in [7, 11) is 0. The van der Waals surface area contributed by atoms with Gasteiger partial charge in [0.05, 0.1) is 21.4 Å². The van der Waals surface area contributed by atoms with Crippen LogP contribution < -0.4 is 5.32 Å². The molecule has 0 aliphatic rings. The van der Waals surface area contributed by atoms with Gasteiger partial charge in [0.1, 0.15) is 0 Å². The van der Waals surface area contributed by atoms with E-state index < -0.39 is 0 Å². The van der Waals surface area contributed by atoms with Crippen molar-refractivity contribution >= 4 is 38.0 Å². The number of thiazole rings is 2. The van der Waals surface area contributed by atoms with Crippen LogP contribution >= 0.6 is 22.7 Å². The van der Waals surface area contributed by atoms with Gasteiger partial charge in [-0.05, 0) is 24.6 Å². The smallest absolute Gasteiger partial charge is 0.183 e. The van der Waals surface area contributed by atoms with Crippen molar-refractivity contribution in [2.45, 2.75) is 13.3 Å². The van der Waals surface area contributed by atoms with Crippen LogP contribution in [0.5, 0.6) is 0 Å². The molecule has 2 aromatic heterocycles. The van der Waals surface area contributed by atoms with Gasteiger partial charge < -0.3 is 5.32 Å². The predicted octanol–water partition coefficient (Wildman–Crippen LogP) is 3.72. The molecular formula is C13H13N3S2. The Labute approximate surface area is 114 Å².